The first-order chi connectivity index (χ1) is 11.5. The van der Waals surface area contributed by atoms with Crippen LogP contribution in [-0.2, 0) is 14.3 Å². The third-order valence-corrected chi connectivity index (χ3v) is 4.34. The molecule has 5 nitrogen and oxygen atoms in total. The van der Waals surface area contributed by atoms with Gasteiger partial charge in [-0.3, -0.25) is 9.59 Å². The summed E-state index contributed by atoms with van der Waals surface area (Å²) in [4.78, 5) is 22.3. The van der Waals surface area contributed by atoms with Gasteiger partial charge in [-0.1, -0.05) is 65.2 Å². The number of unbranched alkanes of at least 4 members (excludes halogenated alkanes) is 8. The lowest BCUT2D eigenvalue weighted by atomic mass is 10.0. The summed E-state index contributed by atoms with van der Waals surface area (Å²) in [6, 6.07) is -0.835. The first kappa shape index (κ1) is 22.9. The molecule has 0 amide bonds. The number of ether oxygens (including phenoxy) is 1. The van der Waals surface area contributed by atoms with Crippen molar-refractivity contribution in [1.82, 2.24) is 0 Å². The topological polar surface area (TPSA) is 89.6 Å². The molecule has 0 aromatic carbocycles. The second-order valence-corrected chi connectivity index (χ2v) is 6.62. The van der Waals surface area contributed by atoms with Gasteiger partial charge in [0.15, 0.2) is 0 Å². The van der Waals surface area contributed by atoms with Crippen LogP contribution in [0, 0.1) is 0 Å². The molecule has 0 aliphatic rings. The van der Waals surface area contributed by atoms with E-state index in [4.69, 9.17) is 15.6 Å². The van der Waals surface area contributed by atoms with Crippen molar-refractivity contribution in [3.05, 3.63) is 0 Å². The summed E-state index contributed by atoms with van der Waals surface area (Å²) in [5.74, 6) is -1.42. The van der Waals surface area contributed by atoms with Gasteiger partial charge in [0.25, 0.3) is 0 Å². The molecule has 0 saturated heterocycles. The molecule has 0 aliphatic carbocycles. The van der Waals surface area contributed by atoms with Gasteiger partial charge in [-0.25, -0.2) is 0 Å². The minimum atomic E-state index is -0.944. The number of esters is 1. The zero-order chi connectivity index (χ0) is 18.2. The Morgan fingerprint density at radius 3 is 1.96 bits per heavy atom. The molecule has 0 aliphatic heterocycles. The van der Waals surface area contributed by atoms with Crippen molar-refractivity contribution in [3.8, 4) is 0 Å². The molecular weight excluding hydrogens is 306 g/mol. The number of carboxylic acids is 1. The van der Waals surface area contributed by atoms with Crippen LogP contribution in [0.4, 0.5) is 0 Å². The summed E-state index contributed by atoms with van der Waals surface area (Å²) < 4.78 is 5.41. The van der Waals surface area contributed by atoms with Crippen molar-refractivity contribution in [2.24, 2.45) is 5.73 Å². The molecule has 0 aromatic heterocycles. The number of hydrogen-bond donors (Lipinski definition) is 2. The summed E-state index contributed by atoms with van der Waals surface area (Å²) in [6.45, 7) is 4.23. The Kier molecular flexibility index (Phi) is 14.7. The van der Waals surface area contributed by atoms with Crippen molar-refractivity contribution in [2.45, 2.75) is 109 Å². The van der Waals surface area contributed by atoms with E-state index in [2.05, 4.69) is 6.92 Å². The highest BCUT2D eigenvalue weighted by Gasteiger charge is 2.20. The molecule has 0 radical (unpaired) electrons. The number of nitrogens with two attached hydrogens (primary N) is 1. The molecule has 0 heterocycles. The summed E-state index contributed by atoms with van der Waals surface area (Å²) in [5.41, 5.74) is 5.67. The lowest BCUT2D eigenvalue weighted by Crippen LogP contribution is -2.35. The van der Waals surface area contributed by atoms with Gasteiger partial charge in [0.2, 0.25) is 0 Å². The van der Waals surface area contributed by atoms with E-state index in [-0.39, 0.29) is 18.9 Å². The Balaban J connectivity index is 3.71. The van der Waals surface area contributed by atoms with E-state index in [1.165, 1.54) is 51.4 Å². The molecule has 0 spiro atoms. The smallest absolute Gasteiger partial charge is 0.323 e. The summed E-state index contributed by atoms with van der Waals surface area (Å²) in [5, 5.41) is 8.61. The predicted octanol–water partition coefficient (Wildman–Crippen LogP) is 4.42. The quantitative estimate of drug-likeness (QED) is 0.320. The molecule has 0 rings (SSSR count). The first-order valence-corrected chi connectivity index (χ1v) is 9.69. The molecule has 24 heavy (non-hydrogen) atoms. The molecule has 2 atom stereocenters. The standard InChI is InChI=1S/C19H37NO4/c1-3-5-6-7-8-9-10-11-12-13-16(4-2)24-19(23)17(20)14-15-18(21)22/h16-17H,3-15,20H2,1-2H3,(H,21,22)/t16?,17-/m0/s1. The van der Waals surface area contributed by atoms with E-state index in [9.17, 15) is 9.59 Å². The van der Waals surface area contributed by atoms with E-state index in [0.717, 1.165) is 19.3 Å². The second kappa shape index (κ2) is 15.4. The average molecular weight is 344 g/mol. The fraction of sp³-hybridized carbons (Fsp3) is 0.895. The fourth-order valence-corrected chi connectivity index (χ4v) is 2.68. The normalized spacial score (nSPS) is 13.5. The molecule has 0 bridgehead atoms. The second-order valence-electron chi connectivity index (χ2n) is 6.62. The highest BCUT2D eigenvalue weighted by Crippen LogP contribution is 2.14. The van der Waals surface area contributed by atoms with Crippen LogP contribution in [0.15, 0.2) is 0 Å². The van der Waals surface area contributed by atoms with Crippen LogP contribution in [0.3, 0.4) is 0 Å². The van der Waals surface area contributed by atoms with Crippen LogP contribution < -0.4 is 5.73 Å². The fourth-order valence-electron chi connectivity index (χ4n) is 2.68. The predicted molar refractivity (Wildman–Crippen MR) is 96.9 cm³/mol. The largest absolute Gasteiger partial charge is 0.481 e. The monoisotopic (exact) mass is 343 g/mol. The molecule has 0 fully saturated rings. The Morgan fingerprint density at radius 2 is 1.46 bits per heavy atom. The van der Waals surface area contributed by atoms with Gasteiger partial charge in [0.05, 0.1) is 0 Å². The lowest BCUT2D eigenvalue weighted by molar-refractivity contribution is -0.151. The molecule has 5 heteroatoms. The summed E-state index contributed by atoms with van der Waals surface area (Å²) in [6.07, 6.45) is 13.0. The van der Waals surface area contributed by atoms with Gasteiger partial charge in [-0.2, -0.15) is 0 Å². The Labute approximate surface area is 147 Å². The van der Waals surface area contributed by atoms with Gasteiger partial charge in [0, 0.05) is 6.42 Å². The van der Waals surface area contributed by atoms with Crippen LogP contribution in [0.5, 0.6) is 0 Å². The molecule has 0 aromatic rings. The first-order valence-electron chi connectivity index (χ1n) is 9.69. The SMILES string of the molecule is CCCCCCCCCCCC(CC)OC(=O)[C@@H](N)CCC(=O)O. The summed E-state index contributed by atoms with van der Waals surface area (Å²) in [7, 11) is 0. The van der Waals surface area contributed by atoms with Gasteiger partial charge < -0.3 is 15.6 Å². The van der Waals surface area contributed by atoms with Crippen LogP contribution in [0.1, 0.15) is 97.3 Å². The third-order valence-electron chi connectivity index (χ3n) is 4.34. The highest BCUT2D eigenvalue weighted by atomic mass is 16.5. The molecule has 3 N–H and O–H groups in total. The maximum Gasteiger partial charge on any atom is 0.323 e. The Morgan fingerprint density at radius 1 is 0.917 bits per heavy atom. The van der Waals surface area contributed by atoms with Crippen molar-refractivity contribution < 1.29 is 19.4 Å². The van der Waals surface area contributed by atoms with Gasteiger partial charge >= 0.3 is 11.9 Å². The van der Waals surface area contributed by atoms with Crippen LogP contribution in [0.25, 0.3) is 0 Å². The Bertz CT molecular complexity index is 333. The van der Waals surface area contributed by atoms with Crippen LogP contribution in [0.2, 0.25) is 0 Å². The lowest BCUT2D eigenvalue weighted by Gasteiger charge is -2.18. The molecule has 0 saturated carbocycles. The van der Waals surface area contributed by atoms with Gasteiger partial charge in [-0.05, 0) is 25.7 Å². The maximum atomic E-state index is 11.8. The van der Waals surface area contributed by atoms with Crippen molar-refractivity contribution in [1.29, 1.82) is 0 Å². The zero-order valence-electron chi connectivity index (χ0n) is 15.6. The minimum Gasteiger partial charge on any atom is -0.481 e. The number of carbonyl (C=O) groups is 2. The van der Waals surface area contributed by atoms with Crippen LogP contribution in [-0.4, -0.2) is 29.2 Å². The van der Waals surface area contributed by atoms with Crippen molar-refractivity contribution in [2.75, 3.05) is 0 Å². The highest BCUT2D eigenvalue weighted by molar-refractivity contribution is 5.76. The third kappa shape index (κ3) is 13.3. The maximum absolute atomic E-state index is 11.8. The molecule has 1 unspecified atom stereocenters. The van der Waals surface area contributed by atoms with Gasteiger partial charge in [0.1, 0.15) is 12.1 Å². The number of carboxylic acid groups (broad SMARTS) is 1. The van der Waals surface area contributed by atoms with Crippen molar-refractivity contribution in [3.63, 3.8) is 0 Å². The summed E-state index contributed by atoms with van der Waals surface area (Å²) >= 11 is 0. The molecule has 142 valence electrons. The average Bonchev–Trinajstić information content (AvgIpc) is 2.56. The number of rotatable bonds is 16. The number of carbonyl (C=O) groups excluding carboxylic acids is 1. The molecular formula is C19H37NO4. The van der Waals surface area contributed by atoms with Crippen LogP contribution >= 0.6 is 0 Å². The minimum absolute atomic E-state index is 0.0991. The van der Waals surface area contributed by atoms with E-state index in [1.54, 1.807) is 0 Å². The van der Waals surface area contributed by atoms with E-state index < -0.39 is 18.0 Å². The van der Waals surface area contributed by atoms with E-state index in [0.29, 0.717) is 0 Å². The van der Waals surface area contributed by atoms with E-state index >= 15 is 0 Å². The van der Waals surface area contributed by atoms with E-state index in [1.807, 2.05) is 6.92 Å². The van der Waals surface area contributed by atoms with Crippen molar-refractivity contribution >= 4 is 11.9 Å². The number of aliphatic carboxylic acids is 1. The number of hydrogen-bond acceptors (Lipinski definition) is 4. The Hall–Kier alpha value is -1.10. The van der Waals surface area contributed by atoms with Gasteiger partial charge in [-0.15, -0.1) is 0 Å². The zero-order valence-corrected chi connectivity index (χ0v) is 15.6.